The molecule has 3 rings (SSSR count). The summed E-state index contributed by atoms with van der Waals surface area (Å²) in [5, 5.41) is 5.70. The highest BCUT2D eigenvalue weighted by molar-refractivity contribution is 6.00. The lowest BCUT2D eigenvalue weighted by Gasteiger charge is -2.24. The molecule has 2 aromatic rings. The van der Waals surface area contributed by atoms with Gasteiger partial charge in [-0.15, -0.1) is 0 Å². The van der Waals surface area contributed by atoms with E-state index in [-0.39, 0.29) is 0 Å². The lowest BCUT2D eigenvalue weighted by molar-refractivity contribution is 0.255. The van der Waals surface area contributed by atoms with Crippen LogP contribution in [0.15, 0.2) is 30.6 Å². The number of hydrogen-bond donors (Lipinski definition) is 2. The Bertz CT molecular complexity index is 605. The Kier molecular flexibility index (Phi) is 4.25. The molecule has 4 nitrogen and oxygen atoms in total. The number of likely N-dealkylation sites (N-methyl/N-ethyl adjacent to an activating group) is 1. The summed E-state index contributed by atoms with van der Waals surface area (Å²) in [6.07, 6.45) is 9.15. The summed E-state index contributed by atoms with van der Waals surface area (Å²) in [7, 11) is 2.24. The lowest BCUT2D eigenvalue weighted by atomic mass is 10.1. The predicted molar refractivity (Wildman–Crippen MR) is 89.5 cm³/mol. The van der Waals surface area contributed by atoms with E-state index in [1.165, 1.54) is 25.7 Å². The first-order valence-electron chi connectivity index (χ1n) is 7.82. The zero-order valence-corrected chi connectivity index (χ0v) is 12.7. The number of nitrogens with one attached hydrogen (secondary N) is 1. The molecule has 1 heterocycles. The predicted octanol–water partition coefficient (Wildman–Crippen LogP) is 3.10. The van der Waals surface area contributed by atoms with E-state index in [0.29, 0.717) is 0 Å². The second kappa shape index (κ2) is 6.31. The van der Waals surface area contributed by atoms with Crippen molar-refractivity contribution in [1.82, 2.24) is 9.88 Å². The quantitative estimate of drug-likeness (QED) is 0.828. The number of pyridine rings is 1. The van der Waals surface area contributed by atoms with Crippen LogP contribution in [0.5, 0.6) is 0 Å². The fourth-order valence-corrected chi connectivity index (χ4v) is 3.26. The molecule has 0 bridgehead atoms. The summed E-state index contributed by atoms with van der Waals surface area (Å²) >= 11 is 0. The summed E-state index contributed by atoms with van der Waals surface area (Å²) < 4.78 is 0. The van der Waals surface area contributed by atoms with E-state index >= 15 is 0 Å². The van der Waals surface area contributed by atoms with E-state index in [9.17, 15) is 0 Å². The molecule has 21 heavy (non-hydrogen) atoms. The third-order valence-electron chi connectivity index (χ3n) is 4.58. The minimum Gasteiger partial charge on any atom is -0.398 e. The maximum atomic E-state index is 6.02. The maximum absolute atomic E-state index is 6.02. The van der Waals surface area contributed by atoms with E-state index < -0.39 is 0 Å². The zero-order chi connectivity index (χ0) is 14.7. The fourth-order valence-electron chi connectivity index (χ4n) is 3.26. The van der Waals surface area contributed by atoms with Crippen molar-refractivity contribution in [2.24, 2.45) is 0 Å². The minimum absolute atomic E-state index is 0.775. The van der Waals surface area contributed by atoms with Gasteiger partial charge in [-0.2, -0.15) is 0 Å². The molecule has 112 valence electrons. The van der Waals surface area contributed by atoms with Gasteiger partial charge in [0.1, 0.15) is 0 Å². The largest absolute Gasteiger partial charge is 0.398 e. The molecule has 0 aliphatic heterocycles. The van der Waals surface area contributed by atoms with Crippen molar-refractivity contribution in [3.8, 4) is 0 Å². The molecule has 1 aromatic heterocycles. The number of fused-ring (bicyclic) bond motifs is 1. The average Bonchev–Trinajstić information content (AvgIpc) is 3.04. The second-order valence-corrected chi connectivity index (χ2v) is 5.97. The molecule has 0 spiro atoms. The Morgan fingerprint density at radius 1 is 1.24 bits per heavy atom. The molecule has 4 heteroatoms. The summed E-state index contributed by atoms with van der Waals surface area (Å²) in [6.45, 7) is 2.01. The van der Waals surface area contributed by atoms with Crippen LogP contribution in [0.3, 0.4) is 0 Å². The third-order valence-corrected chi connectivity index (χ3v) is 4.58. The van der Waals surface area contributed by atoms with Gasteiger partial charge in [0.15, 0.2) is 0 Å². The number of benzene rings is 1. The van der Waals surface area contributed by atoms with Crippen molar-refractivity contribution >= 4 is 22.1 Å². The van der Waals surface area contributed by atoms with Crippen LogP contribution in [0.2, 0.25) is 0 Å². The van der Waals surface area contributed by atoms with E-state index in [2.05, 4.69) is 28.3 Å². The van der Waals surface area contributed by atoms with Crippen molar-refractivity contribution in [3.63, 3.8) is 0 Å². The van der Waals surface area contributed by atoms with Gasteiger partial charge >= 0.3 is 0 Å². The van der Waals surface area contributed by atoms with Crippen molar-refractivity contribution in [3.05, 3.63) is 30.6 Å². The molecular formula is C17H24N4. The average molecular weight is 284 g/mol. The van der Waals surface area contributed by atoms with Crippen LogP contribution < -0.4 is 11.1 Å². The number of nitrogens with two attached hydrogens (primary N) is 1. The number of anilines is 2. The van der Waals surface area contributed by atoms with Gasteiger partial charge in [-0.25, -0.2) is 0 Å². The highest BCUT2D eigenvalue weighted by atomic mass is 15.1. The van der Waals surface area contributed by atoms with Crippen LogP contribution in [-0.4, -0.2) is 36.1 Å². The highest BCUT2D eigenvalue weighted by Crippen LogP contribution is 2.27. The zero-order valence-electron chi connectivity index (χ0n) is 12.7. The number of hydrogen-bond acceptors (Lipinski definition) is 4. The topological polar surface area (TPSA) is 54.2 Å². The SMILES string of the molecule is CN(CCNc1ccc(N)c2ccncc12)C1CCCC1. The molecule has 1 saturated carbocycles. The molecule has 0 saturated heterocycles. The van der Waals surface area contributed by atoms with Gasteiger partial charge in [0.25, 0.3) is 0 Å². The van der Waals surface area contributed by atoms with Gasteiger partial charge in [-0.1, -0.05) is 12.8 Å². The van der Waals surface area contributed by atoms with E-state index in [1.54, 1.807) is 6.20 Å². The monoisotopic (exact) mass is 284 g/mol. The van der Waals surface area contributed by atoms with E-state index in [0.717, 1.165) is 41.3 Å². The van der Waals surface area contributed by atoms with E-state index in [4.69, 9.17) is 5.73 Å². The Hall–Kier alpha value is -1.81. The summed E-state index contributed by atoms with van der Waals surface area (Å²) in [5.41, 5.74) is 7.95. The summed E-state index contributed by atoms with van der Waals surface area (Å²) in [5.74, 6) is 0. The van der Waals surface area contributed by atoms with Crippen LogP contribution in [0, 0.1) is 0 Å². The molecule has 0 unspecified atom stereocenters. The third kappa shape index (κ3) is 3.10. The van der Waals surface area contributed by atoms with Crippen LogP contribution in [0.4, 0.5) is 11.4 Å². The first-order chi connectivity index (χ1) is 10.3. The van der Waals surface area contributed by atoms with Crippen molar-refractivity contribution in [1.29, 1.82) is 0 Å². The number of nitrogens with zero attached hydrogens (tertiary/aromatic N) is 2. The van der Waals surface area contributed by atoms with Crippen molar-refractivity contribution in [2.75, 3.05) is 31.2 Å². The van der Waals surface area contributed by atoms with Gasteiger partial charge in [0, 0.05) is 53.7 Å². The fraction of sp³-hybridized carbons (Fsp3) is 0.471. The summed E-state index contributed by atoms with van der Waals surface area (Å²) in [6, 6.07) is 6.76. The van der Waals surface area contributed by atoms with Crippen LogP contribution >= 0.6 is 0 Å². The van der Waals surface area contributed by atoms with Crippen molar-refractivity contribution < 1.29 is 0 Å². The second-order valence-electron chi connectivity index (χ2n) is 5.97. The van der Waals surface area contributed by atoms with E-state index in [1.807, 2.05) is 18.3 Å². The number of rotatable bonds is 5. The molecular weight excluding hydrogens is 260 g/mol. The Labute approximate surface area is 126 Å². The summed E-state index contributed by atoms with van der Waals surface area (Å²) in [4.78, 5) is 6.70. The van der Waals surface area contributed by atoms with Gasteiger partial charge in [0.05, 0.1) is 0 Å². The minimum atomic E-state index is 0.775. The first kappa shape index (κ1) is 14.1. The van der Waals surface area contributed by atoms with Crippen LogP contribution in [-0.2, 0) is 0 Å². The molecule has 1 aromatic carbocycles. The smallest absolute Gasteiger partial charge is 0.0437 e. The molecule has 0 atom stereocenters. The normalized spacial score (nSPS) is 15.9. The highest BCUT2D eigenvalue weighted by Gasteiger charge is 2.18. The molecule has 0 amide bonds. The Morgan fingerprint density at radius 3 is 2.86 bits per heavy atom. The van der Waals surface area contributed by atoms with Gasteiger partial charge < -0.3 is 16.0 Å². The molecule has 1 fully saturated rings. The van der Waals surface area contributed by atoms with Crippen LogP contribution in [0.25, 0.3) is 10.8 Å². The molecule has 3 N–H and O–H groups in total. The molecule has 1 aliphatic rings. The Balaban J connectivity index is 1.64. The van der Waals surface area contributed by atoms with Crippen LogP contribution in [0.1, 0.15) is 25.7 Å². The van der Waals surface area contributed by atoms with Gasteiger partial charge in [-0.3, -0.25) is 4.98 Å². The molecule has 0 radical (unpaired) electrons. The lowest BCUT2D eigenvalue weighted by Crippen LogP contribution is -2.33. The van der Waals surface area contributed by atoms with Gasteiger partial charge in [0.2, 0.25) is 0 Å². The number of aromatic nitrogens is 1. The standard InChI is InChI=1S/C17H24N4/c1-21(13-4-2-3-5-13)11-10-20-17-7-6-16(18)14-8-9-19-12-15(14)17/h6-9,12-13,20H,2-5,10-11,18H2,1H3. The maximum Gasteiger partial charge on any atom is 0.0437 e. The molecule has 1 aliphatic carbocycles. The Morgan fingerprint density at radius 2 is 2.05 bits per heavy atom. The first-order valence-corrected chi connectivity index (χ1v) is 7.82. The van der Waals surface area contributed by atoms with Crippen molar-refractivity contribution in [2.45, 2.75) is 31.7 Å². The van der Waals surface area contributed by atoms with Gasteiger partial charge in [-0.05, 0) is 38.1 Å². The number of nitrogen functional groups attached to an aromatic ring is 1.